The lowest BCUT2D eigenvalue weighted by molar-refractivity contribution is 0.149. The molecule has 2 aromatic heterocycles. The fourth-order valence-corrected chi connectivity index (χ4v) is 3.54. The molecule has 0 bridgehead atoms. The molecule has 0 spiro atoms. The van der Waals surface area contributed by atoms with Crippen LogP contribution in [0.4, 0.5) is 11.8 Å². The molecule has 0 radical (unpaired) electrons. The van der Waals surface area contributed by atoms with Crippen LogP contribution in [-0.2, 0) is 0 Å². The number of rotatable bonds is 6. The third-order valence-electron chi connectivity index (χ3n) is 4.50. The van der Waals surface area contributed by atoms with Gasteiger partial charge in [-0.15, -0.1) is 0 Å². The third kappa shape index (κ3) is 4.32. The number of para-hydroxylation sites is 1. The molecule has 1 aliphatic carbocycles. The lowest BCUT2D eigenvalue weighted by Crippen LogP contribution is -2.31. The highest BCUT2D eigenvalue weighted by Crippen LogP contribution is 2.29. The SMILES string of the molecule is CNSc1ncc(Nc2ncc3cccc(OC4CCC(N)CC4)c3n2)o1. The van der Waals surface area contributed by atoms with Crippen LogP contribution in [0.25, 0.3) is 10.9 Å². The third-order valence-corrected chi connectivity index (χ3v) is 5.06. The van der Waals surface area contributed by atoms with E-state index in [1.54, 1.807) is 19.4 Å². The van der Waals surface area contributed by atoms with Crippen LogP contribution in [0.2, 0.25) is 0 Å². The van der Waals surface area contributed by atoms with E-state index < -0.39 is 0 Å². The van der Waals surface area contributed by atoms with Crippen LogP contribution < -0.4 is 20.5 Å². The van der Waals surface area contributed by atoms with Gasteiger partial charge in [0.1, 0.15) is 11.3 Å². The fraction of sp³-hybridized carbons (Fsp3) is 0.389. The maximum atomic E-state index is 6.24. The largest absolute Gasteiger partial charge is 0.488 e. The van der Waals surface area contributed by atoms with E-state index >= 15 is 0 Å². The summed E-state index contributed by atoms with van der Waals surface area (Å²) in [6, 6.07) is 6.17. The van der Waals surface area contributed by atoms with Crippen molar-refractivity contribution in [2.45, 2.75) is 43.1 Å². The molecule has 4 N–H and O–H groups in total. The minimum atomic E-state index is 0.178. The zero-order valence-corrected chi connectivity index (χ0v) is 15.8. The van der Waals surface area contributed by atoms with Gasteiger partial charge in [0, 0.05) is 29.6 Å². The molecule has 9 heteroatoms. The zero-order valence-electron chi connectivity index (χ0n) is 15.0. The first-order valence-electron chi connectivity index (χ1n) is 8.95. The van der Waals surface area contributed by atoms with Gasteiger partial charge in [0.25, 0.3) is 5.22 Å². The molecule has 3 aromatic rings. The van der Waals surface area contributed by atoms with E-state index in [9.17, 15) is 0 Å². The molecular formula is C18H22N6O2S. The fourth-order valence-electron chi connectivity index (χ4n) is 3.13. The van der Waals surface area contributed by atoms with Gasteiger partial charge in [-0.3, -0.25) is 10.0 Å². The van der Waals surface area contributed by atoms with Gasteiger partial charge in [-0.1, -0.05) is 12.1 Å². The van der Waals surface area contributed by atoms with E-state index in [4.69, 9.17) is 14.9 Å². The molecule has 1 aromatic carbocycles. The summed E-state index contributed by atoms with van der Waals surface area (Å²) in [5.74, 6) is 1.68. The Kier molecular flexibility index (Phi) is 5.42. The quantitative estimate of drug-likeness (QED) is 0.550. The number of nitrogens with two attached hydrogens (primary N) is 1. The van der Waals surface area contributed by atoms with Crippen molar-refractivity contribution in [3.8, 4) is 5.75 Å². The second-order valence-electron chi connectivity index (χ2n) is 6.46. The topological polar surface area (TPSA) is 111 Å². The molecule has 0 aliphatic heterocycles. The van der Waals surface area contributed by atoms with Gasteiger partial charge in [-0.05, 0) is 38.8 Å². The minimum absolute atomic E-state index is 0.178. The molecule has 0 unspecified atom stereocenters. The molecule has 27 heavy (non-hydrogen) atoms. The summed E-state index contributed by atoms with van der Waals surface area (Å²) in [6.07, 6.45) is 7.48. The standard InChI is InChI=1S/C18H22N6O2S/c1-20-27-18-22-10-15(26-18)23-17-21-9-11-3-2-4-14(16(11)24-17)25-13-7-5-12(19)6-8-13/h2-4,9-10,12-13,20H,5-8,19H2,1H3,(H,21,23,24). The van der Waals surface area contributed by atoms with Crippen LogP contribution in [0.1, 0.15) is 25.7 Å². The van der Waals surface area contributed by atoms with Crippen LogP contribution in [0.3, 0.4) is 0 Å². The van der Waals surface area contributed by atoms with Gasteiger partial charge in [0.15, 0.2) is 0 Å². The van der Waals surface area contributed by atoms with Gasteiger partial charge in [0.2, 0.25) is 11.8 Å². The summed E-state index contributed by atoms with van der Waals surface area (Å²) in [5, 5.41) is 4.49. The predicted octanol–water partition coefficient (Wildman–Crippen LogP) is 3.24. The van der Waals surface area contributed by atoms with Crippen LogP contribution in [0, 0.1) is 0 Å². The summed E-state index contributed by atoms with van der Waals surface area (Å²) in [4.78, 5) is 13.1. The number of hydrogen-bond acceptors (Lipinski definition) is 9. The summed E-state index contributed by atoms with van der Waals surface area (Å²) >= 11 is 1.29. The first-order valence-corrected chi connectivity index (χ1v) is 9.77. The van der Waals surface area contributed by atoms with Crippen molar-refractivity contribution in [1.29, 1.82) is 0 Å². The van der Waals surface area contributed by atoms with E-state index in [0.29, 0.717) is 23.1 Å². The Labute approximate surface area is 161 Å². The lowest BCUT2D eigenvalue weighted by atomic mass is 9.94. The molecular weight excluding hydrogens is 364 g/mol. The smallest absolute Gasteiger partial charge is 0.272 e. The summed E-state index contributed by atoms with van der Waals surface area (Å²) in [7, 11) is 1.80. The molecule has 142 valence electrons. The highest BCUT2D eigenvalue weighted by molar-refractivity contribution is 7.97. The van der Waals surface area contributed by atoms with Crippen molar-refractivity contribution in [2.75, 3.05) is 12.4 Å². The van der Waals surface area contributed by atoms with E-state index in [0.717, 1.165) is 42.3 Å². The second-order valence-corrected chi connectivity index (χ2v) is 7.43. The Morgan fingerprint density at radius 1 is 1.19 bits per heavy atom. The van der Waals surface area contributed by atoms with Gasteiger partial charge in [-0.25, -0.2) is 15.0 Å². The molecule has 8 nitrogen and oxygen atoms in total. The number of aromatic nitrogens is 3. The maximum Gasteiger partial charge on any atom is 0.272 e. The van der Waals surface area contributed by atoms with E-state index in [1.807, 2.05) is 18.2 Å². The number of hydrogen-bond donors (Lipinski definition) is 3. The number of nitrogens with zero attached hydrogens (tertiary/aromatic N) is 3. The summed E-state index contributed by atoms with van der Waals surface area (Å²) < 4.78 is 14.7. The average molecular weight is 386 g/mol. The number of oxazole rings is 1. The number of nitrogens with one attached hydrogen (secondary N) is 2. The maximum absolute atomic E-state index is 6.24. The summed E-state index contributed by atoms with van der Waals surface area (Å²) in [5.41, 5.74) is 6.76. The van der Waals surface area contributed by atoms with Crippen LogP contribution in [0.5, 0.6) is 5.75 Å². The first kappa shape index (κ1) is 18.0. The minimum Gasteiger partial charge on any atom is -0.488 e. The van der Waals surface area contributed by atoms with Crippen LogP contribution in [-0.4, -0.2) is 34.1 Å². The molecule has 1 saturated carbocycles. The van der Waals surface area contributed by atoms with Crippen molar-refractivity contribution >= 4 is 34.7 Å². The zero-order chi connectivity index (χ0) is 18.6. The number of ether oxygens (including phenoxy) is 1. The van der Waals surface area contributed by atoms with Crippen molar-refractivity contribution in [3.63, 3.8) is 0 Å². The number of benzene rings is 1. The normalized spacial score (nSPS) is 19.9. The van der Waals surface area contributed by atoms with E-state index in [2.05, 4.69) is 25.0 Å². The molecule has 4 rings (SSSR count). The van der Waals surface area contributed by atoms with Gasteiger partial charge in [-0.2, -0.15) is 0 Å². The van der Waals surface area contributed by atoms with Crippen molar-refractivity contribution < 1.29 is 9.15 Å². The Morgan fingerprint density at radius 2 is 2.04 bits per heavy atom. The molecule has 0 saturated heterocycles. The van der Waals surface area contributed by atoms with Crippen molar-refractivity contribution in [1.82, 2.24) is 19.7 Å². The Morgan fingerprint density at radius 3 is 2.85 bits per heavy atom. The highest BCUT2D eigenvalue weighted by atomic mass is 32.2. The monoisotopic (exact) mass is 386 g/mol. The van der Waals surface area contributed by atoms with Gasteiger partial charge >= 0.3 is 0 Å². The van der Waals surface area contributed by atoms with Crippen molar-refractivity contribution in [3.05, 3.63) is 30.6 Å². The number of anilines is 2. The van der Waals surface area contributed by atoms with Gasteiger partial charge < -0.3 is 14.9 Å². The van der Waals surface area contributed by atoms with E-state index in [-0.39, 0.29) is 6.10 Å². The molecule has 1 aliphatic rings. The van der Waals surface area contributed by atoms with Gasteiger partial charge in [0.05, 0.1) is 12.3 Å². The molecule has 2 heterocycles. The molecule has 0 atom stereocenters. The average Bonchev–Trinajstić information content (AvgIpc) is 3.11. The molecule has 0 amide bonds. The second kappa shape index (κ2) is 8.12. The van der Waals surface area contributed by atoms with E-state index in [1.165, 1.54) is 11.9 Å². The van der Waals surface area contributed by atoms with Crippen molar-refractivity contribution in [2.24, 2.45) is 5.73 Å². The lowest BCUT2D eigenvalue weighted by Gasteiger charge is -2.27. The highest BCUT2D eigenvalue weighted by Gasteiger charge is 2.21. The van der Waals surface area contributed by atoms with Crippen LogP contribution >= 0.6 is 11.9 Å². The molecule has 1 fully saturated rings. The number of fused-ring (bicyclic) bond motifs is 1. The van der Waals surface area contributed by atoms with Crippen LogP contribution in [0.15, 0.2) is 40.2 Å². The Hall–Kier alpha value is -2.36. The summed E-state index contributed by atoms with van der Waals surface area (Å²) in [6.45, 7) is 0. The first-order chi connectivity index (χ1) is 13.2. The Bertz CT molecular complexity index is 910. The Balaban J connectivity index is 1.54. The predicted molar refractivity (Wildman–Crippen MR) is 105 cm³/mol.